The Morgan fingerprint density at radius 1 is 1.00 bits per heavy atom. The van der Waals surface area contributed by atoms with Gasteiger partial charge in [0, 0.05) is 31.3 Å². The molecule has 2 N–H and O–H groups in total. The van der Waals surface area contributed by atoms with Crippen LogP contribution in [0.4, 0.5) is 0 Å². The molecular formula is C20H28N2O2. The van der Waals surface area contributed by atoms with Crippen LogP contribution in [0.25, 0.3) is 0 Å². The minimum atomic E-state index is 0.0322. The first kappa shape index (κ1) is 17.0. The van der Waals surface area contributed by atoms with E-state index in [9.17, 15) is 9.59 Å². The maximum atomic E-state index is 12.0. The van der Waals surface area contributed by atoms with Gasteiger partial charge < -0.3 is 10.6 Å². The standard InChI is InChI=1S/C20H28N2O2/c23-19(12-13-21-20(24)16-7-1-2-8-16)22-14-17-10-5-9-15-6-3-4-11-18(15)17/h3-4,6,11,16-17H,1-2,5,7-10,12-14H2,(H,21,24)(H,22,23). The van der Waals surface area contributed by atoms with E-state index in [4.69, 9.17) is 0 Å². The van der Waals surface area contributed by atoms with Crippen molar-refractivity contribution < 1.29 is 9.59 Å². The van der Waals surface area contributed by atoms with E-state index >= 15 is 0 Å². The zero-order valence-electron chi connectivity index (χ0n) is 14.4. The van der Waals surface area contributed by atoms with Gasteiger partial charge in [0.1, 0.15) is 0 Å². The SMILES string of the molecule is O=C(CCNC(=O)C1CCCC1)NCC1CCCc2ccccc21. The maximum absolute atomic E-state index is 12.0. The number of amides is 2. The van der Waals surface area contributed by atoms with E-state index < -0.39 is 0 Å². The predicted molar refractivity (Wildman–Crippen MR) is 94.7 cm³/mol. The second-order valence-corrected chi connectivity index (χ2v) is 7.11. The molecule has 0 aliphatic heterocycles. The first-order chi connectivity index (χ1) is 11.7. The minimum Gasteiger partial charge on any atom is -0.355 e. The van der Waals surface area contributed by atoms with Crippen molar-refractivity contribution in [1.82, 2.24) is 10.6 Å². The third-order valence-corrected chi connectivity index (χ3v) is 5.42. The summed E-state index contributed by atoms with van der Waals surface area (Å²) in [5.41, 5.74) is 2.81. The molecule has 4 heteroatoms. The van der Waals surface area contributed by atoms with Crippen molar-refractivity contribution in [3.8, 4) is 0 Å². The first-order valence-corrected chi connectivity index (χ1v) is 9.36. The van der Waals surface area contributed by atoms with Crippen LogP contribution in [0.15, 0.2) is 24.3 Å². The van der Waals surface area contributed by atoms with Crippen LogP contribution in [-0.4, -0.2) is 24.9 Å². The second-order valence-electron chi connectivity index (χ2n) is 7.11. The Morgan fingerprint density at radius 2 is 1.79 bits per heavy atom. The average molecular weight is 328 g/mol. The van der Waals surface area contributed by atoms with Gasteiger partial charge >= 0.3 is 0 Å². The molecule has 0 heterocycles. The van der Waals surface area contributed by atoms with Crippen LogP contribution >= 0.6 is 0 Å². The van der Waals surface area contributed by atoms with Crippen molar-refractivity contribution in [3.63, 3.8) is 0 Å². The fourth-order valence-electron chi connectivity index (χ4n) is 4.02. The molecule has 130 valence electrons. The van der Waals surface area contributed by atoms with Gasteiger partial charge in [0.05, 0.1) is 0 Å². The molecule has 0 bridgehead atoms. The molecule has 1 unspecified atom stereocenters. The smallest absolute Gasteiger partial charge is 0.223 e. The van der Waals surface area contributed by atoms with Crippen molar-refractivity contribution in [2.75, 3.05) is 13.1 Å². The summed E-state index contributed by atoms with van der Waals surface area (Å²) in [5, 5.41) is 5.96. The summed E-state index contributed by atoms with van der Waals surface area (Å²) in [5.74, 6) is 0.755. The highest BCUT2D eigenvalue weighted by molar-refractivity contribution is 5.80. The molecule has 2 aliphatic carbocycles. The fourth-order valence-corrected chi connectivity index (χ4v) is 4.02. The van der Waals surface area contributed by atoms with Gasteiger partial charge in [-0.3, -0.25) is 9.59 Å². The monoisotopic (exact) mass is 328 g/mol. The molecule has 2 aliphatic rings. The molecule has 0 radical (unpaired) electrons. The number of nitrogens with one attached hydrogen (secondary N) is 2. The van der Waals surface area contributed by atoms with Gasteiger partial charge in [0.15, 0.2) is 0 Å². The van der Waals surface area contributed by atoms with Crippen LogP contribution in [0.5, 0.6) is 0 Å². The predicted octanol–water partition coefficient (Wildman–Crippen LogP) is 2.92. The lowest BCUT2D eigenvalue weighted by Crippen LogP contribution is -2.35. The highest BCUT2D eigenvalue weighted by atomic mass is 16.2. The van der Waals surface area contributed by atoms with Gasteiger partial charge in [0.2, 0.25) is 11.8 Å². The summed E-state index contributed by atoms with van der Waals surface area (Å²) in [6.07, 6.45) is 8.15. The number of fused-ring (bicyclic) bond motifs is 1. The van der Waals surface area contributed by atoms with Gasteiger partial charge in [0.25, 0.3) is 0 Å². The fraction of sp³-hybridized carbons (Fsp3) is 0.600. The van der Waals surface area contributed by atoms with E-state index in [1.807, 2.05) is 0 Å². The molecule has 0 spiro atoms. The van der Waals surface area contributed by atoms with Crippen LogP contribution in [0.2, 0.25) is 0 Å². The van der Waals surface area contributed by atoms with Crippen molar-refractivity contribution in [1.29, 1.82) is 0 Å². The average Bonchev–Trinajstić information content (AvgIpc) is 3.14. The summed E-state index contributed by atoms with van der Waals surface area (Å²) < 4.78 is 0. The Morgan fingerprint density at radius 3 is 2.62 bits per heavy atom. The minimum absolute atomic E-state index is 0.0322. The number of carbonyl (C=O) groups excluding carboxylic acids is 2. The van der Waals surface area contributed by atoms with Crippen molar-refractivity contribution >= 4 is 11.8 Å². The van der Waals surface area contributed by atoms with Gasteiger partial charge in [-0.05, 0) is 43.2 Å². The highest BCUT2D eigenvalue weighted by Gasteiger charge is 2.22. The number of carbonyl (C=O) groups is 2. The quantitative estimate of drug-likeness (QED) is 0.843. The summed E-state index contributed by atoms with van der Waals surface area (Å²) in [6.45, 7) is 1.15. The number of rotatable bonds is 6. The van der Waals surface area contributed by atoms with Gasteiger partial charge in [-0.1, -0.05) is 37.1 Å². The van der Waals surface area contributed by atoms with Gasteiger partial charge in [-0.2, -0.15) is 0 Å². The summed E-state index contributed by atoms with van der Waals surface area (Å²) in [4.78, 5) is 24.0. The Bertz CT molecular complexity index is 579. The molecule has 1 aromatic rings. The zero-order valence-corrected chi connectivity index (χ0v) is 14.4. The van der Waals surface area contributed by atoms with Crippen LogP contribution in [-0.2, 0) is 16.0 Å². The second kappa shape index (κ2) is 8.32. The van der Waals surface area contributed by atoms with Gasteiger partial charge in [-0.25, -0.2) is 0 Å². The zero-order chi connectivity index (χ0) is 16.8. The number of aryl methyl sites for hydroxylation is 1. The summed E-state index contributed by atoms with van der Waals surface area (Å²) in [6, 6.07) is 8.55. The number of hydrogen-bond acceptors (Lipinski definition) is 2. The molecule has 1 atom stereocenters. The van der Waals surface area contributed by atoms with Crippen molar-refractivity contribution in [2.45, 2.75) is 57.3 Å². The molecular weight excluding hydrogens is 300 g/mol. The normalized spacial score (nSPS) is 20.4. The lowest BCUT2D eigenvalue weighted by Gasteiger charge is -2.25. The Kier molecular flexibility index (Phi) is 5.89. The van der Waals surface area contributed by atoms with E-state index in [2.05, 4.69) is 34.9 Å². The van der Waals surface area contributed by atoms with Crippen LogP contribution in [0.3, 0.4) is 0 Å². The van der Waals surface area contributed by atoms with Crippen molar-refractivity contribution in [2.24, 2.45) is 5.92 Å². The maximum Gasteiger partial charge on any atom is 0.223 e. The van der Waals surface area contributed by atoms with E-state index in [0.29, 0.717) is 25.4 Å². The third-order valence-electron chi connectivity index (χ3n) is 5.42. The number of hydrogen-bond donors (Lipinski definition) is 2. The summed E-state index contributed by atoms with van der Waals surface area (Å²) >= 11 is 0. The topological polar surface area (TPSA) is 58.2 Å². The Labute approximate surface area is 144 Å². The summed E-state index contributed by atoms with van der Waals surface area (Å²) in [7, 11) is 0. The van der Waals surface area contributed by atoms with Crippen molar-refractivity contribution in [3.05, 3.63) is 35.4 Å². The molecule has 4 nitrogen and oxygen atoms in total. The van der Waals surface area contributed by atoms with E-state index in [0.717, 1.165) is 38.5 Å². The molecule has 1 saturated carbocycles. The van der Waals surface area contributed by atoms with Gasteiger partial charge in [-0.15, -0.1) is 0 Å². The third kappa shape index (κ3) is 4.37. The Balaban J connectivity index is 1.38. The molecule has 1 aromatic carbocycles. The molecule has 0 saturated heterocycles. The molecule has 3 rings (SSSR count). The lowest BCUT2D eigenvalue weighted by molar-refractivity contribution is -0.125. The first-order valence-electron chi connectivity index (χ1n) is 9.36. The van der Waals surface area contributed by atoms with E-state index in [-0.39, 0.29) is 17.7 Å². The molecule has 2 amide bonds. The molecule has 1 fully saturated rings. The lowest BCUT2D eigenvalue weighted by atomic mass is 9.83. The van der Waals surface area contributed by atoms with Crippen LogP contribution < -0.4 is 10.6 Å². The highest BCUT2D eigenvalue weighted by Crippen LogP contribution is 2.30. The van der Waals surface area contributed by atoms with Crippen LogP contribution in [0, 0.1) is 5.92 Å². The molecule has 0 aromatic heterocycles. The molecule has 24 heavy (non-hydrogen) atoms. The largest absolute Gasteiger partial charge is 0.355 e. The van der Waals surface area contributed by atoms with E-state index in [1.54, 1.807) is 0 Å². The van der Waals surface area contributed by atoms with E-state index in [1.165, 1.54) is 17.5 Å². The van der Waals surface area contributed by atoms with Crippen LogP contribution in [0.1, 0.15) is 62.0 Å². The Hall–Kier alpha value is -1.84. The number of benzene rings is 1.